The number of thiophene rings is 1. The maximum atomic E-state index is 5.68. The highest BCUT2D eigenvalue weighted by Crippen LogP contribution is 2.27. The molecule has 0 amide bonds. The van der Waals surface area contributed by atoms with Crippen LogP contribution in [-0.2, 0) is 0 Å². The molecule has 0 atom stereocenters. The fourth-order valence-corrected chi connectivity index (χ4v) is 2.07. The minimum Gasteiger partial charge on any atom is -0.391 e. The summed E-state index contributed by atoms with van der Waals surface area (Å²) >= 11 is 1.62. The van der Waals surface area contributed by atoms with Crippen molar-refractivity contribution in [2.24, 2.45) is 0 Å². The van der Waals surface area contributed by atoms with E-state index in [9.17, 15) is 0 Å². The van der Waals surface area contributed by atoms with Gasteiger partial charge in [-0.1, -0.05) is 0 Å². The zero-order valence-electron chi connectivity index (χ0n) is 6.87. The average molecular weight is 181 g/mol. The van der Waals surface area contributed by atoms with Crippen LogP contribution in [-0.4, -0.2) is 11.2 Å². The Kier molecular flexibility index (Phi) is 1.69. The first-order valence-corrected chi connectivity index (χ1v) is 4.73. The van der Waals surface area contributed by atoms with E-state index in [1.807, 2.05) is 16.9 Å². The standard InChI is InChI=1S/C8H11N3S/c1-2-10-11-4-3-7-6(11)5-8(9)12-7/h3-5,10H,2,9H2,1H3. The highest BCUT2D eigenvalue weighted by Gasteiger charge is 2.02. The van der Waals surface area contributed by atoms with Crippen LogP contribution in [0, 0.1) is 0 Å². The van der Waals surface area contributed by atoms with Crippen LogP contribution < -0.4 is 11.2 Å². The van der Waals surface area contributed by atoms with Crippen molar-refractivity contribution in [3.63, 3.8) is 0 Å². The molecule has 64 valence electrons. The summed E-state index contributed by atoms with van der Waals surface area (Å²) in [5, 5.41) is 0.868. The highest BCUT2D eigenvalue weighted by atomic mass is 32.1. The summed E-state index contributed by atoms with van der Waals surface area (Å²) in [5.41, 5.74) is 10.1. The second-order valence-corrected chi connectivity index (χ2v) is 3.71. The Labute approximate surface area is 74.8 Å². The molecule has 0 saturated heterocycles. The molecule has 0 spiro atoms. The smallest absolute Gasteiger partial charge is 0.0885 e. The second kappa shape index (κ2) is 2.71. The molecule has 0 radical (unpaired) electrons. The zero-order chi connectivity index (χ0) is 8.55. The van der Waals surface area contributed by atoms with E-state index in [1.165, 1.54) is 10.2 Å². The molecule has 2 heterocycles. The number of fused-ring (bicyclic) bond motifs is 1. The Balaban J connectivity index is 2.53. The molecule has 0 bridgehead atoms. The fraction of sp³-hybridized carbons (Fsp3) is 0.250. The molecule has 0 aromatic carbocycles. The quantitative estimate of drug-likeness (QED) is 0.742. The van der Waals surface area contributed by atoms with Gasteiger partial charge < -0.3 is 11.2 Å². The van der Waals surface area contributed by atoms with Gasteiger partial charge in [0, 0.05) is 12.7 Å². The molecule has 0 aliphatic carbocycles. The lowest BCUT2D eigenvalue weighted by atomic mass is 10.5. The van der Waals surface area contributed by atoms with Crippen molar-refractivity contribution in [1.82, 2.24) is 4.68 Å². The monoisotopic (exact) mass is 181 g/mol. The van der Waals surface area contributed by atoms with Crippen LogP contribution in [0.25, 0.3) is 10.2 Å². The third kappa shape index (κ3) is 1.04. The van der Waals surface area contributed by atoms with Crippen LogP contribution >= 0.6 is 11.3 Å². The molecule has 4 heteroatoms. The molecule has 0 aliphatic rings. The molecule has 2 rings (SSSR count). The van der Waals surface area contributed by atoms with Crippen LogP contribution in [0.15, 0.2) is 18.3 Å². The maximum absolute atomic E-state index is 5.68. The summed E-state index contributed by atoms with van der Waals surface area (Å²) in [6, 6.07) is 4.06. The number of aromatic nitrogens is 1. The third-order valence-electron chi connectivity index (χ3n) is 1.72. The van der Waals surface area contributed by atoms with Crippen molar-refractivity contribution in [1.29, 1.82) is 0 Å². The predicted octanol–water partition coefficient (Wildman–Crippen LogP) is 1.85. The molecular formula is C8H11N3S. The predicted molar refractivity (Wildman–Crippen MR) is 54.1 cm³/mol. The Hall–Kier alpha value is -1.16. The van der Waals surface area contributed by atoms with E-state index in [0.717, 1.165) is 11.5 Å². The van der Waals surface area contributed by atoms with Gasteiger partial charge in [-0.25, -0.2) is 0 Å². The first kappa shape index (κ1) is 7.49. The largest absolute Gasteiger partial charge is 0.391 e. The molecule has 12 heavy (non-hydrogen) atoms. The van der Waals surface area contributed by atoms with E-state index >= 15 is 0 Å². The molecule has 3 nitrogen and oxygen atoms in total. The number of hydrogen-bond donors (Lipinski definition) is 2. The second-order valence-electron chi connectivity index (χ2n) is 2.60. The summed E-state index contributed by atoms with van der Waals surface area (Å²) in [4.78, 5) is 0. The van der Waals surface area contributed by atoms with Crippen molar-refractivity contribution in [2.75, 3.05) is 17.7 Å². The number of nitrogens with zero attached hydrogens (tertiary/aromatic N) is 1. The normalized spacial score (nSPS) is 10.8. The third-order valence-corrected chi connectivity index (χ3v) is 2.64. The molecule has 0 fully saturated rings. The molecule has 3 N–H and O–H groups in total. The first-order chi connectivity index (χ1) is 5.81. The SMILES string of the molecule is CCNn1ccc2sc(N)cc21. The topological polar surface area (TPSA) is 43.0 Å². The zero-order valence-corrected chi connectivity index (χ0v) is 7.69. The van der Waals surface area contributed by atoms with Gasteiger partial charge in [0.2, 0.25) is 0 Å². The number of anilines is 1. The van der Waals surface area contributed by atoms with E-state index in [-0.39, 0.29) is 0 Å². The number of nitrogen functional groups attached to an aromatic ring is 1. The Morgan fingerprint density at radius 1 is 1.67 bits per heavy atom. The minimum absolute atomic E-state index is 0.868. The number of nitrogens with two attached hydrogens (primary N) is 1. The lowest BCUT2D eigenvalue weighted by molar-refractivity contribution is 0.902. The highest BCUT2D eigenvalue weighted by molar-refractivity contribution is 7.22. The lowest BCUT2D eigenvalue weighted by Crippen LogP contribution is -2.11. The van der Waals surface area contributed by atoms with Crippen LogP contribution in [0.5, 0.6) is 0 Å². The average Bonchev–Trinajstić information content (AvgIpc) is 2.52. The van der Waals surface area contributed by atoms with Gasteiger partial charge in [-0.05, 0) is 19.1 Å². The molecule has 0 unspecified atom stereocenters. The van der Waals surface area contributed by atoms with Crippen molar-refractivity contribution in [3.8, 4) is 0 Å². The Bertz CT molecular complexity index is 388. The van der Waals surface area contributed by atoms with Crippen LogP contribution in [0.1, 0.15) is 6.92 Å². The first-order valence-electron chi connectivity index (χ1n) is 3.91. The number of nitrogens with one attached hydrogen (secondary N) is 1. The van der Waals surface area contributed by atoms with Crippen molar-refractivity contribution in [3.05, 3.63) is 18.3 Å². The van der Waals surface area contributed by atoms with E-state index in [0.29, 0.717) is 0 Å². The summed E-state index contributed by atoms with van der Waals surface area (Å²) in [6.07, 6.45) is 2.02. The molecular weight excluding hydrogens is 170 g/mol. The van der Waals surface area contributed by atoms with E-state index in [1.54, 1.807) is 11.3 Å². The number of rotatable bonds is 2. The molecule has 0 saturated carbocycles. The van der Waals surface area contributed by atoms with Crippen LogP contribution in [0.4, 0.5) is 5.00 Å². The van der Waals surface area contributed by atoms with Crippen molar-refractivity contribution in [2.45, 2.75) is 6.92 Å². The summed E-state index contributed by atoms with van der Waals surface area (Å²) < 4.78 is 3.23. The maximum Gasteiger partial charge on any atom is 0.0885 e. The van der Waals surface area contributed by atoms with Gasteiger partial charge in [0.1, 0.15) is 0 Å². The van der Waals surface area contributed by atoms with Gasteiger partial charge in [-0.15, -0.1) is 11.3 Å². The Morgan fingerprint density at radius 3 is 3.25 bits per heavy atom. The van der Waals surface area contributed by atoms with E-state index in [2.05, 4.69) is 18.4 Å². The van der Waals surface area contributed by atoms with Gasteiger partial charge in [0.25, 0.3) is 0 Å². The van der Waals surface area contributed by atoms with Gasteiger partial charge in [-0.3, -0.25) is 4.68 Å². The van der Waals surface area contributed by atoms with E-state index < -0.39 is 0 Å². The number of hydrogen-bond acceptors (Lipinski definition) is 3. The lowest BCUT2D eigenvalue weighted by Gasteiger charge is -2.03. The fourth-order valence-electron chi connectivity index (χ4n) is 1.25. The van der Waals surface area contributed by atoms with Gasteiger partial charge in [0.15, 0.2) is 0 Å². The molecule has 0 aliphatic heterocycles. The van der Waals surface area contributed by atoms with Crippen LogP contribution in [0.3, 0.4) is 0 Å². The van der Waals surface area contributed by atoms with Gasteiger partial charge in [0.05, 0.1) is 15.2 Å². The van der Waals surface area contributed by atoms with Crippen molar-refractivity contribution >= 4 is 26.6 Å². The van der Waals surface area contributed by atoms with Crippen molar-refractivity contribution < 1.29 is 0 Å². The summed E-state index contributed by atoms with van der Waals surface area (Å²) in [6.45, 7) is 2.99. The minimum atomic E-state index is 0.868. The van der Waals surface area contributed by atoms with Gasteiger partial charge in [-0.2, -0.15) is 0 Å². The summed E-state index contributed by atoms with van der Waals surface area (Å²) in [5.74, 6) is 0. The molecule has 2 aromatic rings. The summed E-state index contributed by atoms with van der Waals surface area (Å²) in [7, 11) is 0. The van der Waals surface area contributed by atoms with Crippen LogP contribution in [0.2, 0.25) is 0 Å². The molecule has 2 aromatic heterocycles. The Morgan fingerprint density at radius 2 is 2.50 bits per heavy atom. The van der Waals surface area contributed by atoms with E-state index in [4.69, 9.17) is 5.73 Å². The van der Waals surface area contributed by atoms with Gasteiger partial charge >= 0.3 is 0 Å².